The largest absolute Gasteiger partial charge is 0.495 e. The first-order valence-corrected chi connectivity index (χ1v) is 4.70. The molecule has 2 rings (SSSR count). The highest BCUT2D eigenvalue weighted by molar-refractivity contribution is 7.19. The van der Waals surface area contributed by atoms with Crippen LogP contribution in [0.3, 0.4) is 0 Å². The van der Waals surface area contributed by atoms with Gasteiger partial charge in [0.25, 0.3) is 0 Å². The van der Waals surface area contributed by atoms with Crippen LogP contribution < -0.4 is 10.5 Å². The number of nitriles is 1. The first-order chi connectivity index (χ1) is 6.74. The number of ether oxygens (including phenoxy) is 1. The summed E-state index contributed by atoms with van der Waals surface area (Å²) in [6.07, 6.45) is 0. The summed E-state index contributed by atoms with van der Waals surface area (Å²) in [5.74, 6) is 0.590. The number of hydrogen-bond acceptors (Lipinski definition) is 5. The summed E-state index contributed by atoms with van der Waals surface area (Å²) in [5, 5.41) is 9.11. The third-order valence-corrected chi connectivity index (χ3v) is 2.76. The quantitative estimate of drug-likeness (QED) is 0.720. The zero-order valence-corrected chi connectivity index (χ0v) is 8.26. The van der Waals surface area contributed by atoms with E-state index in [1.807, 2.05) is 6.07 Å². The second-order valence-corrected chi connectivity index (χ2v) is 3.72. The van der Waals surface area contributed by atoms with Crippen LogP contribution in [-0.2, 0) is 0 Å². The van der Waals surface area contributed by atoms with Gasteiger partial charge in [0.1, 0.15) is 11.8 Å². The van der Waals surface area contributed by atoms with E-state index in [0.29, 0.717) is 16.4 Å². The van der Waals surface area contributed by atoms with E-state index in [1.54, 1.807) is 19.2 Å². The average Bonchev–Trinajstić information content (AvgIpc) is 2.58. The van der Waals surface area contributed by atoms with Gasteiger partial charge in [-0.25, -0.2) is 4.98 Å². The molecule has 1 aromatic heterocycles. The van der Waals surface area contributed by atoms with E-state index < -0.39 is 0 Å². The lowest BCUT2D eigenvalue weighted by Gasteiger charge is -2.02. The van der Waals surface area contributed by atoms with Gasteiger partial charge >= 0.3 is 0 Å². The maximum atomic E-state index is 8.67. The molecule has 1 heterocycles. The Hall–Kier alpha value is -1.80. The van der Waals surface area contributed by atoms with Crippen molar-refractivity contribution in [1.29, 1.82) is 5.26 Å². The van der Waals surface area contributed by atoms with Gasteiger partial charge in [-0.15, -0.1) is 11.3 Å². The number of rotatable bonds is 1. The van der Waals surface area contributed by atoms with Crippen molar-refractivity contribution >= 4 is 27.2 Å². The molecule has 4 nitrogen and oxygen atoms in total. The third kappa shape index (κ3) is 1.26. The van der Waals surface area contributed by atoms with Gasteiger partial charge in [0.05, 0.1) is 23.0 Å². The lowest BCUT2D eigenvalue weighted by molar-refractivity contribution is 0.417. The van der Waals surface area contributed by atoms with Gasteiger partial charge in [-0.1, -0.05) is 0 Å². The lowest BCUT2D eigenvalue weighted by atomic mass is 10.3. The van der Waals surface area contributed by atoms with Crippen molar-refractivity contribution in [2.45, 2.75) is 0 Å². The molecule has 0 spiro atoms. The van der Waals surface area contributed by atoms with Crippen molar-refractivity contribution in [2.75, 3.05) is 12.8 Å². The Bertz CT molecular complexity index is 527. The molecular weight excluding hydrogens is 198 g/mol. The predicted octanol–water partition coefficient (Wildman–Crippen LogP) is 1.76. The van der Waals surface area contributed by atoms with E-state index in [1.165, 1.54) is 11.3 Å². The molecule has 0 unspecified atom stereocenters. The smallest absolute Gasteiger partial charge is 0.195 e. The van der Waals surface area contributed by atoms with Gasteiger partial charge < -0.3 is 10.5 Å². The third-order valence-electron chi connectivity index (χ3n) is 1.84. The molecule has 0 radical (unpaired) electrons. The summed E-state index contributed by atoms with van der Waals surface area (Å²) in [4.78, 5) is 4.10. The number of thiazole rings is 1. The van der Waals surface area contributed by atoms with E-state index in [0.717, 1.165) is 10.2 Å². The Morgan fingerprint density at radius 2 is 2.36 bits per heavy atom. The Morgan fingerprint density at radius 1 is 1.57 bits per heavy atom. The van der Waals surface area contributed by atoms with Gasteiger partial charge in [0.15, 0.2) is 5.01 Å². The van der Waals surface area contributed by atoms with Gasteiger partial charge in [-0.3, -0.25) is 0 Å². The molecule has 1 aromatic carbocycles. The van der Waals surface area contributed by atoms with E-state index in [9.17, 15) is 0 Å². The Kier molecular flexibility index (Phi) is 1.98. The Balaban J connectivity index is 2.71. The van der Waals surface area contributed by atoms with E-state index in [2.05, 4.69) is 4.98 Å². The summed E-state index contributed by atoms with van der Waals surface area (Å²) in [6.45, 7) is 0. The lowest BCUT2D eigenvalue weighted by Crippen LogP contribution is -1.91. The molecule has 0 aliphatic heterocycles. The summed E-state index contributed by atoms with van der Waals surface area (Å²) in [7, 11) is 1.55. The van der Waals surface area contributed by atoms with E-state index in [-0.39, 0.29) is 0 Å². The van der Waals surface area contributed by atoms with Crippen molar-refractivity contribution in [1.82, 2.24) is 4.98 Å². The van der Waals surface area contributed by atoms with Crippen molar-refractivity contribution in [3.05, 3.63) is 17.1 Å². The van der Waals surface area contributed by atoms with Gasteiger partial charge in [0, 0.05) is 6.07 Å². The number of anilines is 1. The Morgan fingerprint density at radius 3 is 3.00 bits per heavy atom. The molecule has 0 fully saturated rings. The number of hydrogen-bond donors (Lipinski definition) is 1. The number of aromatic nitrogens is 1. The first-order valence-electron chi connectivity index (χ1n) is 3.88. The van der Waals surface area contributed by atoms with Crippen LogP contribution in [0.4, 0.5) is 5.69 Å². The van der Waals surface area contributed by atoms with E-state index >= 15 is 0 Å². The molecule has 2 aromatic rings. The van der Waals surface area contributed by atoms with Gasteiger partial charge in [-0.2, -0.15) is 5.26 Å². The van der Waals surface area contributed by atoms with Gasteiger partial charge in [-0.05, 0) is 6.07 Å². The number of nitrogen functional groups attached to an aromatic ring is 1. The molecular formula is C9H7N3OS. The summed E-state index contributed by atoms with van der Waals surface area (Å²) in [5.41, 5.74) is 7.03. The molecule has 0 aliphatic carbocycles. The van der Waals surface area contributed by atoms with Crippen LogP contribution in [0.5, 0.6) is 5.75 Å². The van der Waals surface area contributed by atoms with Crippen LogP contribution in [0.15, 0.2) is 12.1 Å². The summed E-state index contributed by atoms with van der Waals surface area (Å²) < 4.78 is 5.96. The monoisotopic (exact) mass is 205 g/mol. The minimum atomic E-state index is 0.438. The van der Waals surface area contributed by atoms with Crippen molar-refractivity contribution < 1.29 is 4.74 Å². The standard InChI is InChI=1S/C9H7N3OS/c1-13-7-3-6-8(2-5(7)11)14-9(4-10)12-6/h2-3H,11H2,1H3. The molecule has 0 amide bonds. The van der Waals surface area contributed by atoms with Crippen LogP contribution in [0.2, 0.25) is 0 Å². The molecule has 2 N–H and O–H groups in total. The van der Waals surface area contributed by atoms with Crippen molar-refractivity contribution in [3.63, 3.8) is 0 Å². The number of fused-ring (bicyclic) bond motifs is 1. The second kappa shape index (κ2) is 3.16. The summed E-state index contributed by atoms with van der Waals surface area (Å²) >= 11 is 1.32. The summed E-state index contributed by atoms with van der Waals surface area (Å²) in [6, 6.07) is 5.51. The maximum Gasteiger partial charge on any atom is 0.195 e. The minimum Gasteiger partial charge on any atom is -0.495 e. The molecule has 0 aliphatic rings. The van der Waals surface area contributed by atoms with Crippen molar-refractivity contribution in [2.24, 2.45) is 0 Å². The van der Waals surface area contributed by atoms with Crippen LogP contribution in [0.1, 0.15) is 5.01 Å². The maximum absolute atomic E-state index is 8.67. The minimum absolute atomic E-state index is 0.438. The van der Waals surface area contributed by atoms with E-state index in [4.69, 9.17) is 15.7 Å². The average molecular weight is 205 g/mol. The molecule has 0 bridgehead atoms. The highest BCUT2D eigenvalue weighted by Crippen LogP contribution is 2.30. The normalized spacial score (nSPS) is 10.0. The molecule has 70 valence electrons. The Labute approximate surface area is 84.5 Å². The zero-order chi connectivity index (χ0) is 10.1. The molecule has 0 saturated carbocycles. The van der Waals surface area contributed by atoms with Crippen LogP contribution in [0, 0.1) is 11.3 Å². The fourth-order valence-electron chi connectivity index (χ4n) is 1.20. The van der Waals surface area contributed by atoms with Crippen LogP contribution in [0.25, 0.3) is 10.2 Å². The predicted molar refractivity (Wildman–Crippen MR) is 55.3 cm³/mol. The first kappa shape index (κ1) is 8.78. The second-order valence-electron chi connectivity index (χ2n) is 2.69. The number of methoxy groups -OCH3 is 1. The molecule has 0 atom stereocenters. The molecule has 5 heteroatoms. The van der Waals surface area contributed by atoms with Gasteiger partial charge in [0.2, 0.25) is 0 Å². The fraction of sp³-hybridized carbons (Fsp3) is 0.111. The topological polar surface area (TPSA) is 71.9 Å². The van der Waals surface area contributed by atoms with Crippen molar-refractivity contribution in [3.8, 4) is 11.8 Å². The fourth-order valence-corrected chi connectivity index (χ4v) is 1.99. The number of nitrogens with two attached hydrogens (primary N) is 1. The number of benzene rings is 1. The SMILES string of the molecule is COc1cc2nc(C#N)sc2cc1N. The highest BCUT2D eigenvalue weighted by atomic mass is 32.1. The molecule has 0 saturated heterocycles. The number of nitrogens with zero attached hydrogens (tertiary/aromatic N) is 2. The highest BCUT2D eigenvalue weighted by Gasteiger charge is 2.07. The van der Waals surface area contributed by atoms with Crippen LogP contribution >= 0.6 is 11.3 Å². The molecule has 14 heavy (non-hydrogen) atoms. The van der Waals surface area contributed by atoms with Crippen LogP contribution in [-0.4, -0.2) is 12.1 Å². The zero-order valence-electron chi connectivity index (χ0n) is 7.44.